The highest BCUT2D eigenvalue weighted by Gasteiger charge is 2.12. The maximum absolute atomic E-state index is 9.26. The molecule has 49 valence electrons. The topological polar surface area (TPSA) is 20.2 Å². The third-order valence-electron chi connectivity index (χ3n) is 1.68. The Morgan fingerprint density at radius 1 is 1.50 bits per heavy atom. The van der Waals surface area contributed by atoms with Crippen molar-refractivity contribution in [2.75, 3.05) is 0 Å². The van der Waals surface area contributed by atoms with Crippen LogP contribution >= 0.6 is 0 Å². The van der Waals surface area contributed by atoms with E-state index in [1.807, 2.05) is 24.3 Å². The summed E-state index contributed by atoms with van der Waals surface area (Å²) in [6.45, 7) is 0. The molecule has 1 heteroatoms. The van der Waals surface area contributed by atoms with Crippen LogP contribution in [0.25, 0.3) is 6.08 Å². The third kappa shape index (κ3) is 0.677. The van der Waals surface area contributed by atoms with Crippen LogP contribution in [0.3, 0.4) is 0 Å². The van der Waals surface area contributed by atoms with Gasteiger partial charge >= 0.3 is 0 Å². The summed E-state index contributed by atoms with van der Waals surface area (Å²) in [7, 11) is 0. The molecule has 10 heavy (non-hydrogen) atoms. The molecule has 0 saturated heterocycles. The van der Waals surface area contributed by atoms with Crippen LogP contribution in [-0.2, 0) is 0 Å². The first-order valence-electron chi connectivity index (χ1n) is 3.25. The summed E-state index contributed by atoms with van der Waals surface area (Å²) in [4.78, 5) is 0. The standard InChI is InChI=1S/C9H7O/c10-9-6-5-7-3-1-2-4-8(7)9/h1-3,5-6,9-10H. The van der Waals surface area contributed by atoms with E-state index in [1.165, 1.54) is 0 Å². The van der Waals surface area contributed by atoms with Crippen molar-refractivity contribution in [3.63, 3.8) is 0 Å². The first-order valence-corrected chi connectivity index (χ1v) is 3.25. The smallest absolute Gasteiger partial charge is 0.0986 e. The van der Waals surface area contributed by atoms with Crippen molar-refractivity contribution in [1.82, 2.24) is 0 Å². The van der Waals surface area contributed by atoms with Gasteiger partial charge in [0.1, 0.15) is 0 Å². The maximum atomic E-state index is 9.26. The van der Waals surface area contributed by atoms with Gasteiger partial charge in [-0.3, -0.25) is 0 Å². The first kappa shape index (κ1) is 5.69. The average Bonchev–Trinajstić information content (AvgIpc) is 2.34. The molecule has 0 aromatic heterocycles. The van der Waals surface area contributed by atoms with Crippen molar-refractivity contribution in [2.24, 2.45) is 0 Å². The van der Waals surface area contributed by atoms with E-state index in [1.54, 1.807) is 6.08 Å². The monoisotopic (exact) mass is 131 g/mol. The molecule has 0 spiro atoms. The predicted molar refractivity (Wildman–Crippen MR) is 39.3 cm³/mol. The van der Waals surface area contributed by atoms with Crippen LogP contribution in [0.5, 0.6) is 0 Å². The van der Waals surface area contributed by atoms with Gasteiger partial charge in [-0.25, -0.2) is 0 Å². The summed E-state index contributed by atoms with van der Waals surface area (Å²) in [6, 6.07) is 8.69. The number of hydrogen-bond acceptors (Lipinski definition) is 1. The second kappa shape index (κ2) is 1.96. The van der Waals surface area contributed by atoms with Gasteiger partial charge < -0.3 is 5.11 Å². The number of aliphatic hydroxyl groups excluding tert-OH is 1. The zero-order chi connectivity index (χ0) is 6.97. The van der Waals surface area contributed by atoms with Crippen LogP contribution in [0, 0.1) is 6.07 Å². The summed E-state index contributed by atoms with van der Waals surface area (Å²) >= 11 is 0. The molecule has 1 aliphatic carbocycles. The van der Waals surface area contributed by atoms with Crippen LogP contribution in [-0.4, -0.2) is 5.11 Å². The Morgan fingerprint density at radius 2 is 2.40 bits per heavy atom. The van der Waals surface area contributed by atoms with Crippen LogP contribution in [0.15, 0.2) is 24.3 Å². The van der Waals surface area contributed by atoms with Gasteiger partial charge in [0.15, 0.2) is 0 Å². The summed E-state index contributed by atoms with van der Waals surface area (Å²) in [6.07, 6.45) is 3.24. The molecule has 0 amide bonds. The van der Waals surface area contributed by atoms with E-state index < -0.39 is 6.10 Å². The molecule has 0 fully saturated rings. The Kier molecular flexibility index (Phi) is 1.11. The van der Waals surface area contributed by atoms with Gasteiger partial charge in [-0.2, -0.15) is 0 Å². The van der Waals surface area contributed by atoms with Gasteiger partial charge in [0.2, 0.25) is 0 Å². The predicted octanol–water partition coefficient (Wildman–Crippen LogP) is 1.55. The molecule has 1 aliphatic rings. The van der Waals surface area contributed by atoms with E-state index in [0.717, 1.165) is 11.1 Å². The molecule has 1 aromatic carbocycles. The van der Waals surface area contributed by atoms with Gasteiger partial charge in [0.05, 0.1) is 6.10 Å². The van der Waals surface area contributed by atoms with E-state index in [4.69, 9.17) is 0 Å². The number of rotatable bonds is 0. The lowest BCUT2D eigenvalue weighted by molar-refractivity contribution is 0.232. The minimum atomic E-state index is -0.434. The number of aliphatic hydroxyl groups is 1. The van der Waals surface area contributed by atoms with Crippen molar-refractivity contribution < 1.29 is 5.11 Å². The van der Waals surface area contributed by atoms with Crippen molar-refractivity contribution in [2.45, 2.75) is 6.10 Å². The Balaban J connectivity index is 2.59. The summed E-state index contributed by atoms with van der Waals surface area (Å²) in [5.41, 5.74) is 1.97. The van der Waals surface area contributed by atoms with Crippen LogP contribution in [0.2, 0.25) is 0 Å². The van der Waals surface area contributed by atoms with Crippen molar-refractivity contribution in [3.8, 4) is 0 Å². The van der Waals surface area contributed by atoms with E-state index in [-0.39, 0.29) is 0 Å². The van der Waals surface area contributed by atoms with Gasteiger partial charge in [-0.15, -0.1) is 0 Å². The van der Waals surface area contributed by atoms with Gasteiger partial charge in [0.25, 0.3) is 0 Å². The molecule has 1 N–H and O–H groups in total. The van der Waals surface area contributed by atoms with E-state index in [2.05, 4.69) is 6.07 Å². The molecule has 1 aromatic rings. The van der Waals surface area contributed by atoms with E-state index >= 15 is 0 Å². The molecule has 1 atom stereocenters. The molecule has 0 heterocycles. The highest BCUT2D eigenvalue weighted by atomic mass is 16.3. The molecule has 0 saturated carbocycles. The Bertz CT molecular complexity index is 276. The normalized spacial score (nSPS) is 21.1. The minimum Gasteiger partial charge on any atom is -0.384 e. The quantitative estimate of drug-likeness (QED) is 0.566. The SMILES string of the molecule is OC1C=Cc2ccc[c]c21. The number of hydrogen-bond donors (Lipinski definition) is 1. The zero-order valence-electron chi connectivity index (χ0n) is 5.41. The highest BCUT2D eigenvalue weighted by molar-refractivity contribution is 5.60. The second-order valence-electron chi connectivity index (χ2n) is 2.34. The van der Waals surface area contributed by atoms with Gasteiger partial charge in [0, 0.05) is 0 Å². The van der Waals surface area contributed by atoms with Crippen molar-refractivity contribution in [3.05, 3.63) is 41.5 Å². The number of fused-ring (bicyclic) bond motifs is 1. The van der Waals surface area contributed by atoms with Gasteiger partial charge in [-0.05, 0) is 17.2 Å². The summed E-state index contributed by atoms with van der Waals surface area (Å²) in [5.74, 6) is 0. The molecule has 2 rings (SSSR count). The lowest BCUT2D eigenvalue weighted by Crippen LogP contribution is -1.88. The molecular formula is C9H7O. The largest absolute Gasteiger partial charge is 0.384 e. The Hall–Kier alpha value is -1.08. The highest BCUT2D eigenvalue weighted by Crippen LogP contribution is 2.26. The minimum absolute atomic E-state index is 0.434. The molecular weight excluding hydrogens is 124 g/mol. The lowest BCUT2D eigenvalue weighted by atomic mass is 10.1. The second-order valence-corrected chi connectivity index (χ2v) is 2.34. The van der Waals surface area contributed by atoms with Crippen LogP contribution in [0.1, 0.15) is 17.2 Å². The zero-order valence-corrected chi connectivity index (χ0v) is 5.41. The first-order chi connectivity index (χ1) is 4.88. The lowest BCUT2D eigenvalue weighted by Gasteiger charge is -2.00. The van der Waals surface area contributed by atoms with Crippen molar-refractivity contribution in [1.29, 1.82) is 0 Å². The summed E-state index contributed by atoms with van der Waals surface area (Å²) < 4.78 is 0. The number of benzene rings is 1. The maximum Gasteiger partial charge on any atom is 0.0986 e. The fourth-order valence-electron chi connectivity index (χ4n) is 1.16. The molecule has 0 bridgehead atoms. The van der Waals surface area contributed by atoms with E-state index in [9.17, 15) is 5.11 Å². The van der Waals surface area contributed by atoms with E-state index in [0.29, 0.717) is 0 Å². The van der Waals surface area contributed by atoms with Crippen molar-refractivity contribution >= 4 is 6.08 Å². The fourth-order valence-corrected chi connectivity index (χ4v) is 1.16. The molecule has 1 unspecified atom stereocenters. The third-order valence-corrected chi connectivity index (χ3v) is 1.68. The average molecular weight is 131 g/mol. The van der Waals surface area contributed by atoms with Crippen LogP contribution < -0.4 is 0 Å². The van der Waals surface area contributed by atoms with Gasteiger partial charge in [-0.1, -0.05) is 30.4 Å². The Morgan fingerprint density at radius 3 is 3.20 bits per heavy atom. The Labute approximate surface area is 59.6 Å². The molecule has 1 radical (unpaired) electrons. The summed E-state index contributed by atoms with van der Waals surface area (Å²) in [5, 5.41) is 9.26. The fraction of sp³-hybridized carbons (Fsp3) is 0.111. The molecule has 0 aliphatic heterocycles. The molecule has 1 nitrogen and oxygen atoms in total. The van der Waals surface area contributed by atoms with Crippen LogP contribution in [0.4, 0.5) is 0 Å².